The van der Waals surface area contributed by atoms with Crippen LogP contribution in [0, 0.1) is 27.4 Å². The molecule has 238 valence electrons. The minimum atomic E-state index is -3.36. The van der Waals surface area contributed by atoms with Crippen LogP contribution in [0.15, 0.2) is 129 Å². The lowest BCUT2D eigenvalue weighted by Crippen LogP contribution is -2.24. The molecule has 0 bridgehead atoms. The van der Waals surface area contributed by atoms with Gasteiger partial charge in [-0.1, -0.05) is 148 Å². The van der Waals surface area contributed by atoms with E-state index in [0.717, 1.165) is 47.8 Å². The van der Waals surface area contributed by atoms with Crippen LogP contribution in [0.5, 0.6) is 0 Å². The van der Waals surface area contributed by atoms with E-state index >= 15 is 0 Å². The molecule has 6 aromatic rings. The second kappa shape index (κ2) is 11.3. The Hall–Kier alpha value is -3.98. The summed E-state index contributed by atoms with van der Waals surface area (Å²) >= 11 is 1.80. The van der Waals surface area contributed by atoms with Crippen LogP contribution >= 0.6 is 23.5 Å². The van der Waals surface area contributed by atoms with Crippen molar-refractivity contribution in [2.24, 2.45) is 0 Å². The van der Waals surface area contributed by atoms with Gasteiger partial charge in [0.2, 0.25) is 0 Å². The van der Waals surface area contributed by atoms with E-state index in [-0.39, 0.29) is 53.0 Å². The summed E-state index contributed by atoms with van der Waals surface area (Å²) in [5.41, 5.74) is -11.0. The maximum Gasteiger partial charge on any atom is 0.0280 e. The van der Waals surface area contributed by atoms with Crippen molar-refractivity contribution in [3.05, 3.63) is 154 Å². The van der Waals surface area contributed by atoms with E-state index < -0.39 is 110 Å². The van der Waals surface area contributed by atoms with Crippen molar-refractivity contribution in [3.63, 3.8) is 0 Å². The fourth-order valence-electron chi connectivity index (χ4n) is 6.73. The summed E-state index contributed by atoms with van der Waals surface area (Å²) in [4.78, 5) is 0.167. The van der Waals surface area contributed by atoms with E-state index in [0.29, 0.717) is 0 Å². The Morgan fingerprint density at radius 2 is 0.854 bits per heavy atom. The lowest BCUT2D eigenvalue weighted by Gasteiger charge is -2.36. The molecule has 0 aliphatic carbocycles. The fraction of sp³-hybridized carbons (Fsp3) is 0.217. The average molecular weight is 683 g/mol. The van der Waals surface area contributed by atoms with Crippen molar-refractivity contribution >= 4 is 23.5 Å². The quantitative estimate of drug-likeness (QED) is 0.182. The predicted molar refractivity (Wildman–Crippen MR) is 207 cm³/mol. The van der Waals surface area contributed by atoms with E-state index in [9.17, 15) is 0 Å². The summed E-state index contributed by atoms with van der Waals surface area (Å²) in [6.07, 6.45) is 0. The molecule has 0 unspecified atom stereocenters. The van der Waals surface area contributed by atoms with Gasteiger partial charge in [0.05, 0.1) is 0 Å². The molecule has 0 fully saturated rings. The Morgan fingerprint density at radius 1 is 0.417 bits per heavy atom. The lowest BCUT2D eigenvalue weighted by atomic mass is 9.76. The second-order valence-corrected chi connectivity index (χ2v) is 14.0. The Balaban J connectivity index is 1.55. The SMILES string of the molecule is [2H]C([2H])([2H])c1ccc(-c2ccc(C([2H])([2H])[2H])c(-c3cccc4c3Sc3ccccc3C4(C([2H])([2H])[2H])C([2H])([2H])[2H])c2C([2H])([2H])[2H])c(C([2H])([2H])[2H])c1-c1cccc2c1Sc1ccccc1C2(C([2H])([2H])[2H])C([2H])([2H])[2H]. The predicted octanol–water partition coefficient (Wildman–Crippen LogP) is 13.5. The first-order valence-corrected chi connectivity index (χ1v) is 16.7. The monoisotopic (exact) mass is 682 g/mol. The molecule has 0 saturated heterocycles. The molecule has 0 radical (unpaired) electrons. The second-order valence-electron chi connectivity index (χ2n) is 11.9. The topological polar surface area (TPSA) is 0 Å². The highest BCUT2D eigenvalue weighted by molar-refractivity contribution is 8.00. The van der Waals surface area contributed by atoms with Crippen LogP contribution in [0.25, 0.3) is 33.4 Å². The van der Waals surface area contributed by atoms with Gasteiger partial charge in [-0.05, 0) is 117 Å². The molecule has 2 aliphatic heterocycles. The molecule has 0 N–H and O–H groups in total. The van der Waals surface area contributed by atoms with Gasteiger partial charge in [-0.15, -0.1) is 0 Å². The number of aryl methyl sites for hydroxylation is 2. The number of benzene rings is 6. The minimum Gasteiger partial charge on any atom is -0.0888 e. The van der Waals surface area contributed by atoms with E-state index in [4.69, 9.17) is 32.9 Å². The third kappa shape index (κ3) is 4.60. The molecule has 2 heteroatoms. The van der Waals surface area contributed by atoms with Gasteiger partial charge in [0.1, 0.15) is 0 Å². The summed E-state index contributed by atoms with van der Waals surface area (Å²) < 4.78 is 213. The fourth-order valence-corrected chi connectivity index (χ4v) is 9.35. The van der Waals surface area contributed by atoms with E-state index in [2.05, 4.69) is 0 Å². The molecule has 0 aromatic heterocycles. The number of hydrogen-bond acceptors (Lipinski definition) is 2. The maximum atomic E-state index is 9.15. The van der Waals surface area contributed by atoms with Crippen LogP contribution in [-0.2, 0) is 10.8 Å². The third-order valence-corrected chi connectivity index (χ3v) is 11.5. The van der Waals surface area contributed by atoms with E-state index in [1.54, 1.807) is 12.1 Å². The molecule has 0 amide bonds. The first-order valence-electron chi connectivity index (χ1n) is 27.0. The molecule has 0 atom stereocenters. The van der Waals surface area contributed by atoms with Gasteiger partial charge >= 0.3 is 0 Å². The molecule has 0 saturated carbocycles. The van der Waals surface area contributed by atoms with Crippen LogP contribution in [0.1, 0.15) is 105 Å². The molecule has 2 aliphatic rings. The van der Waals surface area contributed by atoms with Gasteiger partial charge < -0.3 is 0 Å². The van der Waals surface area contributed by atoms with Crippen molar-refractivity contribution < 1.29 is 32.9 Å². The van der Waals surface area contributed by atoms with Gasteiger partial charge in [-0.3, -0.25) is 0 Å². The van der Waals surface area contributed by atoms with Crippen molar-refractivity contribution in [1.29, 1.82) is 0 Å². The van der Waals surface area contributed by atoms with E-state index in [1.807, 2.05) is 0 Å². The van der Waals surface area contributed by atoms with Crippen molar-refractivity contribution in [1.82, 2.24) is 0 Å². The van der Waals surface area contributed by atoms with Crippen LogP contribution in [-0.4, -0.2) is 0 Å². The smallest absolute Gasteiger partial charge is 0.0280 e. The van der Waals surface area contributed by atoms with Gasteiger partial charge in [0.15, 0.2) is 0 Å². The molecule has 0 nitrogen and oxygen atoms in total. The summed E-state index contributed by atoms with van der Waals surface area (Å²) in [7, 11) is 0. The minimum absolute atomic E-state index is 0.0654. The summed E-state index contributed by atoms with van der Waals surface area (Å²) in [5.74, 6) is 0. The van der Waals surface area contributed by atoms with Gasteiger partial charge in [-0.25, -0.2) is 0 Å². The van der Waals surface area contributed by atoms with Gasteiger partial charge in [-0.2, -0.15) is 0 Å². The number of hydrogen-bond donors (Lipinski definition) is 0. The van der Waals surface area contributed by atoms with Crippen LogP contribution in [0.2, 0.25) is 0 Å². The summed E-state index contributed by atoms with van der Waals surface area (Å²) in [5, 5.41) is 0. The highest BCUT2D eigenvalue weighted by Crippen LogP contribution is 2.55. The number of fused-ring (bicyclic) bond motifs is 4. The normalized spacial score (nSPS) is 24.8. The van der Waals surface area contributed by atoms with Crippen LogP contribution in [0.4, 0.5) is 0 Å². The molecular formula is C46H42S2. The van der Waals surface area contributed by atoms with Crippen molar-refractivity contribution in [2.75, 3.05) is 0 Å². The highest BCUT2D eigenvalue weighted by atomic mass is 32.2. The average Bonchev–Trinajstić information content (AvgIpc) is 3.22. The summed E-state index contributed by atoms with van der Waals surface area (Å²) in [6.45, 7) is -26.1. The van der Waals surface area contributed by atoms with Crippen LogP contribution in [0.3, 0.4) is 0 Å². The van der Waals surface area contributed by atoms with Crippen molar-refractivity contribution in [2.45, 2.75) is 85.2 Å². The summed E-state index contributed by atoms with van der Waals surface area (Å²) in [6, 6.07) is 23.9. The molecule has 48 heavy (non-hydrogen) atoms. The molecule has 6 aromatic carbocycles. The lowest BCUT2D eigenvalue weighted by molar-refractivity contribution is 0.608. The largest absolute Gasteiger partial charge is 0.0888 e. The standard InChI is InChI=1S/C46H42S2/c1-27-23-25-31(29(3)41(27)33-15-13-19-37-43(33)47-39-21-11-9-17-35(39)45(37,5)6)32-26-24-28(2)42(30(32)4)34-16-14-20-38-44(34)48-40-22-12-10-18-36(40)46(38,7)8/h9-26H,1-8H3/i1D3,2D3,3D3,4D3,5D3,6D3,7D3,8D3. The Kier molecular flexibility index (Phi) is 3.41. The Labute approximate surface area is 328 Å². The molecule has 8 rings (SSSR count). The highest BCUT2D eigenvalue weighted by Gasteiger charge is 2.36. The molecule has 2 heterocycles. The van der Waals surface area contributed by atoms with Crippen molar-refractivity contribution in [3.8, 4) is 33.4 Å². The van der Waals surface area contributed by atoms with Crippen LogP contribution < -0.4 is 0 Å². The van der Waals surface area contributed by atoms with Gasteiger partial charge in [0.25, 0.3) is 0 Å². The van der Waals surface area contributed by atoms with Gasteiger partial charge in [0, 0.05) is 63.3 Å². The Morgan fingerprint density at radius 3 is 1.27 bits per heavy atom. The molecule has 0 spiro atoms. The zero-order valence-electron chi connectivity index (χ0n) is 49.2. The first-order chi connectivity index (χ1) is 32.8. The van der Waals surface area contributed by atoms with E-state index in [1.165, 1.54) is 72.8 Å². The zero-order chi connectivity index (χ0) is 53.5. The molecular weight excluding hydrogens is 617 g/mol. The first kappa shape index (κ1) is 14.5. The zero-order valence-corrected chi connectivity index (χ0v) is 26.8. The number of rotatable bonds is 3. The Bertz CT molecular complexity index is 2900. The maximum absolute atomic E-state index is 9.15. The third-order valence-electron chi connectivity index (χ3n) is 9.08.